The quantitative estimate of drug-likeness (QED) is 0.0125. The van der Waals surface area contributed by atoms with Crippen molar-refractivity contribution >= 4 is 85.8 Å². The van der Waals surface area contributed by atoms with Crippen LogP contribution in [0.1, 0.15) is 183 Å². The van der Waals surface area contributed by atoms with E-state index in [2.05, 4.69) is 69.5 Å². The minimum absolute atomic E-state index is 0.0441. The van der Waals surface area contributed by atoms with Crippen LogP contribution in [0, 0.1) is 12.3 Å². The number of likely N-dealkylation sites (tertiary alicyclic amines) is 1. The fraction of sp³-hybridized carbons (Fsp3) is 0.627. The Morgan fingerprint density at radius 1 is 0.670 bits per heavy atom. The second-order valence-corrected chi connectivity index (χ2v) is 25.1. The zero-order chi connectivity index (χ0) is 67.7. The van der Waals surface area contributed by atoms with Crippen LogP contribution in [0.2, 0.25) is 0 Å². The molecule has 0 spiro atoms. The fourth-order valence-corrected chi connectivity index (χ4v) is 11.9. The first-order valence-electron chi connectivity index (χ1n) is 33.3. The van der Waals surface area contributed by atoms with Crippen LogP contribution in [0.3, 0.4) is 0 Å². The Hall–Kier alpha value is -7.33. The summed E-state index contributed by atoms with van der Waals surface area (Å²) in [4.78, 5) is 128. The number of Topliss-reactive ketones (excluding diaryl/α,β-unsaturated/α-hetero) is 1. The number of benzene rings is 1. The number of hydrogen-bond donors (Lipinski definition) is 7. The van der Waals surface area contributed by atoms with Gasteiger partial charge in [-0.3, -0.25) is 43.0 Å². The van der Waals surface area contributed by atoms with E-state index in [0.717, 1.165) is 76.2 Å². The van der Waals surface area contributed by atoms with Crippen molar-refractivity contribution < 1.29 is 72.3 Å². The highest BCUT2D eigenvalue weighted by Gasteiger charge is 2.66. The van der Waals surface area contributed by atoms with E-state index < -0.39 is 24.0 Å². The number of piperidine rings is 1. The summed E-state index contributed by atoms with van der Waals surface area (Å²) in [6, 6.07) is 7.21. The maximum atomic E-state index is 14.3. The van der Waals surface area contributed by atoms with Gasteiger partial charge >= 0.3 is 11.9 Å². The van der Waals surface area contributed by atoms with Crippen molar-refractivity contribution in [2.24, 2.45) is 5.41 Å². The molecule has 26 nitrogen and oxygen atoms in total. The molecule has 516 valence electrons. The van der Waals surface area contributed by atoms with Gasteiger partial charge in [0.1, 0.15) is 53.8 Å². The number of carboxylic acids is 2. The molecule has 4 atom stereocenters. The highest BCUT2D eigenvalue weighted by atomic mass is 79.9. The van der Waals surface area contributed by atoms with Crippen molar-refractivity contribution in [3.8, 4) is 11.1 Å². The van der Waals surface area contributed by atoms with Crippen molar-refractivity contribution in [1.29, 1.82) is 0 Å². The maximum absolute atomic E-state index is 14.3. The van der Waals surface area contributed by atoms with Crippen molar-refractivity contribution in [3.63, 3.8) is 0 Å². The molecule has 0 unspecified atom stereocenters. The number of carboxylic acid groups (broad SMARTS) is 2. The van der Waals surface area contributed by atoms with Gasteiger partial charge in [-0.05, 0) is 96.1 Å². The topological polar surface area (TPSA) is 351 Å². The average Bonchev–Trinajstić information content (AvgIpc) is 1.54. The molecule has 2 fully saturated rings. The molecule has 3 aromatic heterocycles. The van der Waals surface area contributed by atoms with E-state index in [0.29, 0.717) is 51.1 Å². The normalized spacial score (nSPS) is 15.9. The van der Waals surface area contributed by atoms with Crippen molar-refractivity contribution in [2.45, 2.75) is 200 Å². The van der Waals surface area contributed by atoms with Gasteiger partial charge in [-0.25, -0.2) is 19.7 Å². The lowest BCUT2D eigenvalue weighted by atomic mass is 9.93. The van der Waals surface area contributed by atoms with Gasteiger partial charge in [-0.1, -0.05) is 109 Å². The smallest absolute Gasteiger partial charge is 0.326 e. The van der Waals surface area contributed by atoms with Crippen LogP contribution in [0.15, 0.2) is 47.3 Å². The second kappa shape index (κ2) is 40.8. The lowest BCUT2D eigenvalue weighted by Gasteiger charge is -2.27. The van der Waals surface area contributed by atoms with Crippen LogP contribution >= 0.6 is 15.9 Å². The highest BCUT2D eigenvalue weighted by molar-refractivity contribution is 9.10. The Kier molecular flexibility index (Phi) is 32.9. The molecule has 4 heterocycles. The molecule has 1 aliphatic heterocycles. The van der Waals surface area contributed by atoms with Crippen LogP contribution in [-0.2, 0) is 70.4 Å². The standard InChI is InChI=1S/C67H96BrN11O15/c1-4-5-28-67-38-53(65(88)76-64-46(2)22-26-55(68)75-64)79(54(67)39-67)61(85)43-78-52-25-23-48(37-50(52)63(77-78)47(3)80)49-40-71-56(72-41-49)42-73-60(84)45-94-36-34-92-32-30-70-59(83)44-93-35-33-91-31-29-69-57(81)27-24-51(66(89)90)74-58(82)20-18-16-14-12-10-8-6-7-9-11-13-15-17-19-21-62(86)87/h22-23,25-26,37,40-41,51,53-54H,4-21,24,27-36,38-39,42-45H2,1-3H3,(H,69,81)(H,70,83)(H,73,84)(H,74,82)(H,86,87)(H,89,90)(H,75,76,88)/t51-,53-,54+,67-/m0/s1. The summed E-state index contributed by atoms with van der Waals surface area (Å²) in [7, 11) is 0. The number of hydrogen-bond acceptors (Lipinski definition) is 17. The van der Waals surface area contributed by atoms with Gasteiger partial charge in [0, 0.05) is 68.7 Å². The molecule has 0 radical (unpaired) electrons. The summed E-state index contributed by atoms with van der Waals surface area (Å²) in [5.41, 5.74) is 2.84. The summed E-state index contributed by atoms with van der Waals surface area (Å²) in [6.07, 6.45) is 22.8. The Balaban J connectivity index is 0.752. The molecule has 1 aliphatic carbocycles. The van der Waals surface area contributed by atoms with Gasteiger partial charge in [0.05, 0.1) is 51.7 Å². The Morgan fingerprint density at radius 3 is 1.85 bits per heavy atom. The van der Waals surface area contributed by atoms with Gasteiger partial charge in [0.15, 0.2) is 5.78 Å². The minimum atomic E-state index is -1.20. The number of carbonyl (C=O) groups excluding carboxylic acids is 7. The second-order valence-electron chi connectivity index (χ2n) is 24.3. The zero-order valence-corrected chi connectivity index (χ0v) is 56.4. The lowest BCUT2D eigenvalue weighted by Crippen LogP contribution is -2.47. The number of nitrogens with one attached hydrogen (secondary N) is 5. The summed E-state index contributed by atoms with van der Waals surface area (Å²) in [6.45, 7) is 6.27. The number of ether oxygens (including phenoxy) is 4. The predicted octanol–water partition coefficient (Wildman–Crippen LogP) is 7.94. The lowest BCUT2D eigenvalue weighted by molar-refractivity contribution is -0.142. The van der Waals surface area contributed by atoms with E-state index in [1.54, 1.807) is 29.4 Å². The summed E-state index contributed by atoms with van der Waals surface area (Å²) in [5, 5.41) is 37.0. The van der Waals surface area contributed by atoms with Crippen molar-refractivity contribution in [1.82, 2.24) is 50.9 Å². The van der Waals surface area contributed by atoms with Gasteiger partial charge in [-0.2, -0.15) is 5.10 Å². The minimum Gasteiger partial charge on any atom is -0.481 e. The van der Waals surface area contributed by atoms with Crippen LogP contribution < -0.4 is 26.6 Å². The van der Waals surface area contributed by atoms with E-state index in [1.807, 2.05) is 25.1 Å². The number of ketones is 1. The van der Waals surface area contributed by atoms with E-state index in [9.17, 15) is 48.3 Å². The number of pyridine rings is 1. The van der Waals surface area contributed by atoms with E-state index >= 15 is 0 Å². The first-order chi connectivity index (χ1) is 45.4. The predicted molar refractivity (Wildman–Crippen MR) is 353 cm³/mol. The molecule has 94 heavy (non-hydrogen) atoms. The molecule has 6 rings (SSSR count). The molecule has 1 saturated heterocycles. The van der Waals surface area contributed by atoms with Crippen LogP contribution in [0.5, 0.6) is 0 Å². The number of anilines is 1. The fourth-order valence-electron chi connectivity index (χ4n) is 11.6. The molecule has 4 aromatic rings. The van der Waals surface area contributed by atoms with Crippen LogP contribution in [0.4, 0.5) is 5.82 Å². The number of carbonyl (C=O) groups is 9. The number of halogens is 1. The van der Waals surface area contributed by atoms with E-state index in [-0.39, 0.29) is 163 Å². The molecular formula is C67H96BrN11O15. The summed E-state index contributed by atoms with van der Waals surface area (Å²) in [5.74, 6) is -3.39. The first kappa shape index (κ1) is 75.7. The molecule has 2 aliphatic rings. The van der Waals surface area contributed by atoms with Crippen LogP contribution in [0.25, 0.3) is 22.0 Å². The number of unbranched alkanes of at least 4 members (excludes halogenated alkanes) is 14. The van der Waals surface area contributed by atoms with E-state index in [4.69, 9.17) is 24.1 Å². The number of aromatic nitrogens is 5. The number of nitrogens with zero attached hydrogens (tertiary/aromatic N) is 6. The summed E-state index contributed by atoms with van der Waals surface area (Å²) >= 11 is 3.39. The Bertz CT molecular complexity index is 3130. The van der Waals surface area contributed by atoms with Gasteiger partial charge < -0.3 is 60.6 Å². The van der Waals surface area contributed by atoms with Gasteiger partial charge in [0.2, 0.25) is 35.4 Å². The highest BCUT2D eigenvalue weighted by Crippen LogP contribution is 2.62. The largest absolute Gasteiger partial charge is 0.481 e. The molecular weight excluding hydrogens is 1280 g/mol. The number of amides is 6. The number of aliphatic carboxylic acids is 2. The third-order valence-electron chi connectivity index (χ3n) is 16.9. The number of rotatable bonds is 49. The maximum Gasteiger partial charge on any atom is 0.326 e. The molecule has 6 amide bonds. The number of aryl methyl sites for hydroxylation is 1. The number of fused-ring (bicyclic) bond motifs is 2. The van der Waals surface area contributed by atoms with Gasteiger partial charge in [0.25, 0.3) is 0 Å². The average molecular weight is 1380 g/mol. The van der Waals surface area contributed by atoms with Crippen molar-refractivity contribution in [2.75, 3.05) is 71.3 Å². The van der Waals surface area contributed by atoms with Crippen molar-refractivity contribution in [3.05, 3.63) is 64.4 Å². The Labute approximate surface area is 558 Å². The third-order valence-corrected chi connectivity index (χ3v) is 17.3. The van der Waals surface area contributed by atoms with E-state index in [1.165, 1.54) is 50.1 Å². The molecule has 7 N–H and O–H groups in total. The monoisotopic (exact) mass is 1370 g/mol. The Morgan fingerprint density at radius 2 is 1.26 bits per heavy atom. The molecule has 1 aromatic carbocycles. The third kappa shape index (κ3) is 26.1. The van der Waals surface area contributed by atoms with Gasteiger partial charge in [-0.15, -0.1) is 0 Å². The molecule has 0 bridgehead atoms. The zero-order valence-electron chi connectivity index (χ0n) is 54.8. The molecule has 27 heteroatoms. The first-order valence-corrected chi connectivity index (χ1v) is 34.1. The SMILES string of the molecule is CCCC[C@@]12C[C@@H](C(=O)Nc3nc(Br)ccc3C)N(C(=O)Cn3nc(C(C)=O)c4cc(-c5cnc(CNC(=O)COCCOCCNC(=O)COCCOCCNC(=O)CC[C@H](NC(=O)CCCCCCCCCCCCCCCCC(=O)O)C(=O)O)nc5)ccc43)[C@@H]1C2. The van der Waals surface area contributed by atoms with Crippen LogP contribution in [-0.4, -0.2) is 177 Å². The molecule has 1 saturated carbocycles. The summed E-state index contributed by atoms with van der Waals surface area (Å²) < 4.78 is 23.8.